The highest BCUT2D eigenvalue weighted by Crippen LogP contribution is 2.21. The second-order valence-electron chi connectivity index (χ2n) is 6.31. The molecule has 156 valence electrons. The van der Waals surface area contributed by atoms with Crippen molar-refractivity contribution in [1.82, 2.24) is 9.97 Å². The predicted molar refractivity (Wildman–Crippen MR) is 111 cm³/mol. The van der Waals surface area contributed by atoms with Crippen molar-refractivity contribution in [1.29, 1.82) is 0 Å². The molecule has 0 aliphatic rings. The lowest BCUT2D eigenvalue weighted by Crippen LogP contribution is -2.17. The fourth-order valence-electron chi connectivity index (χ4n) is 2.50. The number of nitrogens with two attached hydrogens (primary N) is 2. The van der Waals surface area contributed by atoms with Crippen LogP contribution in [-0.4, -0.2) is 39.0 Å². The van der Waals surface area contributed by atoms with Crippen molar-refractivity contribution in [3.05, 3.63) is 60.4 Å². The van der Waals surface area contributed by atoms with Crippen molar-refractivity contribution in [2.75, 3.05) is 17.3 Å². The Morgan fingerprint density at radius 3 is 2.03 bits per heavy atom. The molecule has 0 aliphatic heterocycles. The molecule has 5 N–H and O–H groups in total. The summed E-state index contributed by atoms with van der Waals surface area (Å²) in [6, 6.07) is 11.2. The molecule has 1 heterocycles. The average Bonchev–Trinajstić information content (AvgIpc) is 2.67. The fraction of sp³-hybridized carbons (Fsp3) is 0.0556. The third-order valence-electron chi connectivity index (χ3n) is 4.03. The molecule has 0 radical (unpaired) electrons. The Labute approximate surface area is 172 Å². The van der Waals surface area contributed by atoms with Gasteiger partial charge in [0.1, 0.15) is 0 Å². The molecule has 0 fully saturated rings. The number of benzene rings is 2. The van der Waals surface area contributed by atoms with E-state index in [-0.39, 0.29) is 21.3 Å². The van der Waals surface area contributed by atoms with Crippen LogP contribution in [0.1, 0.15) is 10.5 Å². The van der Waals surface area contributed by atoms with Gasteiger partial charge in [-0.2, -0.15) is 0 Å². The first-order valence-corrected chi connectivity index (χ1v) is 11.8. The minimum atomic E-state index is -3.85. The molecule has 0 unspecified atom stereocenters. The van der Waals surface area contributed by atoms with E-state index < -0.39 is 25.8 Å². The van der Waals surface area contributed by atoms with Crippen molar-refractivity contribution >= 4 is 37.3 Å². The number of amides is 1. The molecule has 12 heteroatoms. The topological polar surface area (TPSA) is 175 Å². The Kier molecular flexibility index (Phi) is 5.57. The number of nitrogens with one attached hydrogen (secondary N) is 1. The summed E-state index contributed by atoms with van der Waals surface area (Å²) in [6.07, 6.45) is 2.46. The molecular formula is C18H17N5O5S2. The number of sulfone groups is 1. The molecule has 1 amide bonds. The second-order valence-corrected chi connectivity index (χ2v) is 9.89. The number of rotatable bonds is 5. The van der Waals surface area contributed by atoms with Gasteiger partial charge >= 0.3 is 0 Å². The number of nitrogen functional groups attached to an aromatic ring is 1. The summed E-state index contributed by atoms with van der Waals surface area (Å²) in [6.45, 7) is 0. The molecule has 2 aromatic carbocycles. The van der Waals surface area contributed by atoms with Crippen molar-refractivity contribution in [3.63, 3.8) is 0 Å². The van der Waals surface area contributed by atoms with Crippen LogP contribution in [0.2, 0.25) is 0 Å². The van der Waals surface area contributed by atoms with Gasteiger partial charge in [-0.3, -0.25) is 4.79 Å². The highest BCUT2D eigenvalue weighted by Gasteiger charge is 2.16. The largest absolute Gasteiger partial charge is 0.382 e. The normalized spacial score (nSPS) is 11.8. The van der Waals surface area contributed by atoms with Crippen LogP contribution in [0.15, 0.2) is 64.5 Å². The smallest absolute Gasteiger partial charge is 0.278 e. The summed E-state index contributed by atoms with van der Waals surface area (Å²) in [4.78, 5) is 20.8. The van der Waals surface area contributed by atoms with Crippen LogP contribution in [0.25, 0.3) is 11.3 Å². The third kappa shape index (κ3) is 4.79. The fourth-order valence-corrected chi connectivity index (χ4v) is 3.64. The van der Waals surface area contributed by atoms with E-state index in [0.29, 0.717) is 16.9 Å². The summed E-state index contributed by atoms with van der Waals surface area (Å²) in [7, 11) is -7.19. The molecule has 0 atom stereocenters. The van der Waals surface area contributed by atoms with Crippen LogP contribution in [0.3, 0.4) is 0 Å². The molecule has 0 spiro atoms. The van der Waals surface area contributed by atoms with Crippen molar-refractivity contribution in [3.8, 4) is 11.3 Å². The van der Waals surface area contributed by atoms with Crippen LogP contribution < -0.4 is 16.2 Å². The van der Waals surface area contributed by atoms with Gasteiger partial charge in [-0.15, -0.1) is 0 Å². The number of carbonyl (C=O) groups is 1. The summed E-state index contributed by atoms with van der Waals surface area (Å²) < 4.78 is 45.8. The van der Waals surface area contributed by atoms with Crippen LogP contribution in [-0.2, 0) is 19.9 Å². The highest BCUT2D eigenvalue weighted by molar-refractivity contribution is 7.90. The summed E-state index contributed by atoms with van der Waals surface area (Å²) in [5, 5.41) is 7.59. The first kappa shape index (κ1) is 21.4. The van der Waals surface area contributed by atoms with Crippen molar-refractivity contribution < 1.29 is 21.6 Å². The quantitative estimate of drug-likeness (QED) is 0.519. The first-order valence-electron chi connectivity index (χ1n) is 8.32. The predicted octanol–water partition coefficient (Wildman–Crippen LogP) is 1.03. The maximum atomic E-state index is 12.6. The number of anilines is 2. The zero-order chi connectivity index (χ0) is 22.1. The van der Waals surface area contributed by atoms with Crippen molar-refractivity contribution in [2.24, 2.45) is 5.14 Å². The molecule has 3 aromatic rings. The van der Waals surface area contributed by atoms with E-state index in [2.05, 4.69) is 15.3 Å². The van der Waals surface area contributed by atoms with Crippen molar-refractivity contribution in [2.45, 2.75) is 9.79 Å². The molecule has 10 nitrogen and oxygen atoms in total. The van der Waals surface area contributed by atoms with Gasteiger partial charge in [-0.1, -0.05) is 12.1 Å². The number of nitrogens with zero attached hydrogens (tertiary/aromatic N) is 2. The highest BCUT2D eigenvalue weighted by atomic mass is 32.2. The first-order chi connectivity index (χ1) is 13.9. The lowest BCUT2D eigenvalue weighted by molar-refractivity contribution is 0.102. The van der Waals surface area contributed by atoms with Gasteiger partial charge in [0, 0.05) is 17.5 Å². The maximum Gasteiger partial charge on any atom is 0.278 e. The molecule has 1 aromatic heterocycles. The summed E-state index contributed by atoms with van der Waals surface area (Å²) in [5.41, 5.74) is 6.80. The molecule has 0 aliphatic carbocycles. The third-order valence-corrected chi connectivity index (χ3v) is 6.09. The van der Waals surface area contributed by atoms with E-state index in [1.54, 1.807) is 12.1 Å². The minimum absolute atomic E-state index is 0.0978. The lowest BCUT2D eigenvalue weighted by atomic mass is 10.1. The van der Waals surface area contributed by atoms with E-state index in [0.717, 1.165) is 6.26 Å². The molecule has 0 saturated heterocycles. The van der Waals surface area contributed by atoms with Gasteiger partial charge in [-0.25, -0.2) is 31.9 Å². The Morgan fingerprint density at radius 2 is 1.50 bits per heavy atom. The second kappa shape index (κ2) is 7.82. The molecule has 0 bridgehead atoms. The van der Waals surface area contributed by atoms with Crippen LogP contribution in [0.5, 0.6) is 0 Å². The van der Waals surface area contributed by atoms with E-state index in [9.17, 15) is 21.6 Å². The number of sulfonamides is 1. The van der Waals surface area contributed by atoms with Gasteiger partial charge < -0.3 is 11.1 Å². The maximum absolute atomic E-state index is 12.6. The Balaban J connectivity index is 1.87. The van der Waals surface area contributed by atoms with E-state index in [1.807, 2.05) is 0 Å². The standard InChI is InChI=1S/C18H17N5O5S2/c1-29(25,26)13-6-2-11(3-7-13)15-10-21-17(19)16(23-15)18(24)22-12-4-8-14(9-5-12)30(20,27)28/h2-10H,1H3,(H2,19,21)(H,22,24)(H2,20,27,28). The van der Waals surface area contributed by atoms with E-state index in [4.69, 9.17) is 10.9 Å². The number of hydrogen-bond acceptors (Lipinski definition) is 8. The van der Waals surface area contributed by atoms with Gasteiger partial charge in [0.05, 0.1) is 21.7 Å². The number of aromatic nitrogens is 2. The Morgan fingerprint density at radius 1 is 0.933 bits per heavy atom. The number of hydrogen-bond donors (Lipinski definition) is 3. The Hall–Kier alpha value is -3.35. The van der Waals surface area contributed by atoms with Crippen LogP contribution in [0.4, 0.5) is 11.5 Å². The lowest BCUT2D eigenvalue weighted by Gasteiger charge is -2.09. The number of carbonyl (C=O) groups excluding carboxylic acids is 1. The van der Waals surface area contributed by atoms with Crippen LogP contribution in [0, 0.1) is 0 Å². The molecule has 3 rings (SSSR count). The van der Waals surface area contributed by atoms with Gasteiger partial charge in [-0.05, 0) is 36.4 Å². The number of primary sulfonamides is 1. The monoisotopic (exact) mass is 447 g/mol. The molecular weight excluding hydrogens is 430 g/mol. The zero-order valence-electron chi connectivity index (χ0n) is 15.6. The van der Waals surface area contributed by atoms with Gasteiger partial charge in [0.2, 0.25) is 10.0 Å². The SMILES string of the molecule is CS(=O)(=O)c1ccc(-c2cnc(N)c(C(=O)Nc3ccc(S(N)(=O)=O)cc3)n2)cc1. The van der Waals surface area contributed by atoms with Crippen LogP contribution >= 0.6 is 0 Å². The average molecular weight is 447 g/mol. The Bertz CT molecular complexity index is 1320. The van der Waals surface area contributed by atoms with Gasteiger partial charge in [0.15, 0.2) is 21.3 Å². The molecule has 0 saturated carbocycles. The molecule has 30 heavy (non-hydrogen) atoms. The summed E-state index contributed by atoms with van der Waals surface area (Å²) in [5.74, 6) is -0.761. The zero-order valence-corrected chi connectivity index (χ0v) is 17.2. The minimum Gasteiger partial charge on any atom is -0.382 e. The summed E-state index contributed by atoms with van der Waals surface area (Å²) >= 11 is 0. The van der Waals surface area contributed by atoms with E-state index >= 15 is 0 Å². The van der Waals surface area contributed by atoms with Gasteiger partial charge in [0.25, 0.3) is 5.91 Å². The van der Waals surface area contributed by atoms with E-state index in [1.165, 1.54) is 42.6 Å².